The van der Waals surface area contributed by atoms with E-state index in [0.717, 1.165) is 11.8 Å². The van der Waals surface area contributed by atoms with Crippen LogP contribution in [-0.4, -0.2) is 5.48 Å². The van der Waals surface area contributed by atoms with Crippen molar-refractivity contribution in [3.8, 4) is 0 Å². The van der Waals surface area contributed by atoms with Crippen molar-refractivity contribution in [2.75, 3.05) is 0 Å². The van der Waals surface area contributed by atoms with Crippen molar-refractivity contribution >= 4 is 0 Å². The van der Waals surface area contributed by atoms with Gasteiger partial charge in [-0.1, -0.05) is 112 Å². The molecule has 0 bridgehead atoms. The molecule has 0 aromatic heterocycles. The predicted octanol–water partition coefficient (Wildman–Crippen LogP) is 7.04. The van der Waals surface area contributed by atoms with Crippen LogP contribution in [0.5, 0.6) is 0 Å². The molecule has 0 radical (unpaired) electrons. The van der Waals surface area contributed by atoms with E-state index in [4.69, 9.17) is 0 Å². The van der Waals surface area contributed by atoms with Crippen molar-refractivity contribution in [1.82, 2.24) is 0 Å². The summed E-state index contributed by atoms with van der Waals surface area (Å²) >= 11 is 0. The van der Waals surface area contributed by atoms with Crippen LogP contribution >= 0.6 is 0 Å². The Balaban J connectivity index is -0.000000141. The SMILES string of the molecule is C1CCC(C2CCCCC2)CC1.CC.CC.CCC.O.[HH]. The molecule has 0 amide bonds. The van der Waals surface area contributed by atoms with Crippen LogP contribution < -0.4 is 0 Å². The maximum atomic E-state index is 2.12. The highest BCUT2D eigenvalue weighted by Gasteiger charge is 2.24. The number of rotatable bonds is 1. The van der Waals surface area contributed by atoms with Gasteiger partial charge in [-0.05, 0) is 11.8 Å². The summed E-state index contributed by atoms with van der Waals surface area (Å²) < 4.78 is 0. The zero-order valence-corrected chi connectivity index (χ0v) is 15.4. The first-order chi connectivity index (χ1) is 9.38. The Bertz CT molecular complexity index is 123. The van der Waals surface area contributed by atoms with Crippen molar-refractivity contribution in [2.24, 2.45) is 11.8 Å². The molecule has 2 N–H and O–H groups in total. The van der Waals surface area contributed by atoms with Crippen molar-refractivity contribution < 1.29 is 6.90 Å². The van der Waals surface area contributed by atoms with Crippen LogP contribution in [0.15, 0.2) is 0 Å². The predicted molar refractivity (Wildman–Crippen MR) is 97.5 cm³/mol. The molecule has 1 nitrogen and oxygen atoms in total. The van der Waals surface area contributed by atoms with Gasteiger partial charge in [0.2, 0.25) is 0 Å². The van der Waals surface area contributed by atoms with Gasteiger partial charge < -0.3 is 5.48 Å². The van der Waals surface area contributed by atoms with Gasteiger partial charge in [-0.3, -0.25) is 0 Å². The molecule has 128 valence electrons. The van der Waals surface area contributed by atoms with Crippen LogP contribution in [0.3, 0.4) is 0 Å². The van der Waals surface area contributed by atoms with E-state index in [2.05, 4.69) is 13.8 Å². The Morgan fingerprint density at radius 3 is 1.00 bits per heavy atom. The Labute approximate surface area is 131 Å². The molecular formula is C19H46O. The number of hydrogen-bond acceptors (Lipinski definition) is 0. The molecule has 0 heterocycles. The fraction of sp³-hybridized carbons (Fsp3) is 1.00. The van der Waals surface area contributed by atoms with E-state index in [1.807, 2.05) is 27.7 Å². The topological polar surface area (TPSA) is 31.5 Å². The molecule has 0 unspecified atom stereocenters. The molecule has 2 fully saturated rings. The molecule has 2 aliphatic carbocycles. The van der Waals surface area contributed by atoms with Gasteiger partial charge in [-0.2, -0.15) is 0 Å². The van der Waals surface area contributed by atoms with Crippen molar-refractivity contribution in [1.29, 1.82) is 0 Å². The summed E-state index contributed by atoms with van der Waals surface area (Å²) in [5.74, 6) is 2.28. The molecule has 2 rings (SSSR count). The highest BCUT2D eigenvalue weighted by atomic mass is 16.0. The monoisotopic (exact) mass is 290 g/mol. The standard InChI is InChI=1S/C12H22.C3H8.2C2H6.H2O.H2/c1-3-7-11(8-4-1)12-9-5-2-6-10-12;1-3-2;2*1-2;;/h11-12H,1-10H2;3H2,1-2H3;2*1-2H3;1H2;1H. The summed E-state index contributed by atoms with van der Waals surface area (Å²) in [5.41, 5.74) is 0. The third-order valence-electron chi connectivity index (χ3n) is 3.97. The molecule has 2 saturated carbocycles. The minimum atomic E-state index is 0. The van der Waals surface area contributed by atoms with Crippen LogP contribution in [0.1, 0.15) is 114 Å². The molecule has 1 heteroatoms. The van der Waals surface area contributed by atoms with Gasteiger partial charge in [0.05, 0.1) is 0 Å². The first kappa shape index (κ1) is 24.9. The van der Waals surface area contributed by atoms with Gasteiger partial charge in [0.25, 0.3) is 0 Å². The van der Waals surface area contributed by atoms with Crippen molar-refractivity contribution in [3.63, 3.8) is 0 Å². The van der Waals surface area contributed by atoms with Crippen LogP contribution in [0.25, 0.3) is 0 Å². The maximum Gasteiger partial charge on any atom is 0 e. The Hall–Kier alpha value is -0.0400. The molecule has 0 aromatic carbocycles. The van der Waals surface area contributed by atoms with E-state index in [9.17, 15) is 0 Å². The molecule has 0 atom stereocenters. The van der Waals surface area contributed by atoms with Gasteiger partial charge in [0.15, 0.2) is 0 Å². The lowest BCUT2D eigenvalue weighted by Crippen LogP contribution is -2.20. The van der Waals surface area contributed by atoms with Gasteiger partial charge in [0.1, 0.15) is 0 Å². The van der Waals surface area contributed by atoms with E-state index < -0.39 is 0 Å². The smallest absolute Gasteiger partial charge is 0 e. The highest BCUT2D eigenvalue weighted by Crippen LogP contribution is 2.37. The van der Waals surface area contributed by atoms with Crippen molar-refractivity contribution in [2.45, 2.75) is 112 Å². The summed E-state index contributed by atoms with van der Waals surface area (Å²) in [4.78, 5) is 0. The molecule has 0 aliphatic heterocycles. The van der Waals surface area contributed by atoms with Crippen molar-refractivity contribution in [3.05, 3.63) is 0 Å². The minimum absolute atomic E-state index is 0. The summed E-state index contributed by atoms with van der Waals surface area (Å²) in [6, 6.07) is 0. The normalized spacial score (nSPS) is 18.9. The van der Waals surface area contributed by atoms with Gasteiger partial charge in [-0.25, -0.2) is 0 Å². The lowest BCUT2D eigenvalue weighted by Gasteiger charge is -2.32. The third kappa shape index (κ3) is 13.0. The summed E-state index contributed by atoms with van der Waals surface area (Å²) in [7, 11) is 0. The van der Waals surface area contributed by atoms with E-state index in [-0.39, 0.29) is 6.90 Å². The van der Waals surface area contributed by atoms with Crippen LogP contribution in [-0.2, 0) is 0 Å². The second-order valence-electron chi connectivity index (χ2n) is 5.50. The third-order valence-corrected chi connectivity index (χ3v) is 3.97. The van der Waals surface area contributed by atoms with Crippen LogP contribution in [0.2, 0.25) is 0 Å². The second kappa shape index (κ2) is 21.3. The highest BCUT2D eigenvalue weighted by molar-refractivity contribution is 4.76. The Morgan fingerprint density at radius 2 is 0.800 bits per heavy atom. The zero-order valence-electron chi connectivity index (χ0n) is 15.4. The average Bonchev–Trinajstić information content (AvgIpc) is 2.54. The zero-order chi connectivity index (χ0) is 14.9. The summed E-state index contributed by atoms with van der Waals surface area (Å²) in [6.07, 6.45) is 16.6. The average molecular weight is 291 g/mol. The lowest BCUT2D eigenvalue weighted by atomic mass is 9.73. The van der Waals surface area contributed by atoms with E-state index in [0.29, 0.717) is 0 Å². The first-order valence-corrected chi connectivity index (χ1v) is 9.38. The van der Waals surface area contributed by atoms with Gasteiger partial charge >= 0.3 is 0 Å². The van der Waals surface area contributed by atoms with E-state index in [1.54, 1.807) is 25.7 Å². The Kier molecular flexibility index (Phi) is 26.5. The molecule has 0 spiro atoms. The molecule has 0 aromatic rings. The van der Waals surface area contributed by atoms with Gasteiger partial charge in [-0.15, -0.1) is 0 Å². The lowest BCUT2D eigenvalue weighted by molar-refractivity contribution is 0.196. The fourth-order valence-electron chi connectivity index (χ4n) is 3.21. The maximum absolute atomic E-state index is 2.12. The molecule has 0 saturated heterocycles. The van der Waals surface area contributed by atoms with E-state index >= 15 is 0 Å². The Morgan fingerprint density at radius 1 is 0.600 bits per heavy atom. The minimum Gasteiger partial charge on any atom is -0.412 e. The quantitative estimate of drug-likeness (QED) is 0.496. The largest absolute Gasteiger partial charge is 0.412 e. The summed E-state index contributed by atoms with van der Waals surface area (Å²) in [6.45, 7) is 12.2. The summed E-state index contributed by atoms with van der Waals surface area (Å²) in [5, 5.41) is 0. The first-order valence-electron chi connectivity index (χ1n) is 9.38. The van der Waals surface area contributed by atoms with Crippen LogP contribution in [0.4, 0.5) is 0 Å². The van der Waals surface area contributed by atoms with E-state index in [1.165, 1.54) is 44.9 Å². The molecular weight excluding hydrogens is 244 g/mol. The second-order valence-corrected chi connectivity index (χ2v) is 5.50. The molecule has 2 aliphatic rings. The number of hydrogen-bond donors (Lipinski definition) is 0. The fourth-order valence-corrected chi connectivity index (χ4v) is 3.21. The van der Waals surface area contributed by atoms with Gasteiger partial charge in [0, 0.05) is 1.43 Å². The molecule has 20 heavy (non-hydrogen) atoms. The van der Waals surface area contributed by atoms with Crippen LogP contribution in [0, 0.1) is 11.8 Å².